The fourth-order valence-corrected chi connectivity index (χ4v) is 1.83. The van der Waals surface area contributed by atoms with Gasteiger partial charge in [0.2, 0.25) is 0 Å². The predicted octanol–water partition coefficient (Wildman–Crippen LogP) is 2.15. The van der Waals surface area contributed by atoms with E-state index in [1.54, 1.807) is 10.7 Å². The molecule has 0 fully saturated rings. The molecule has 2 rings (SSSR count). The number of nitrogens with zero attached hydrogens (tertiary/aromatic N) is 2. The molecule has 1 heterocycles. The highest BCUT2D eigenvalue weighted by Gasteiger charge is 1.97. The minimum atomic E-state index is 0.536. The first-order valence-electron chi connectivity index (χ1n) is 4.91. The van der Waals surface area contributed by atoms with Crippen LogP contribution < -0.4 is 10.5 Å². The molecule has 0 amide bonds. The summed E-state index contributed by atoms with van der Waals surface area (Å²) in [7, 11) is 0. The van der Waals surface area contributed by atoms with Gasteiger partial charge in [-0.15, -0.1) is 0 Å². The van der Waals surface area contributed by atoms with E-state index in [1.807, 2.05) is 30.5 Å². The van der Waals surface area contributed by atoms with Crippen LogP contribution in [0.25, 0.3) is 0 Å². The molecule has 1 aromatic heterocycles. The van der Waals surface area contributed by atoms with Gasteiger partial charge in [0, 0.05) is 9.77 Å². The Morgan fingerprint density at radius 1 is 1.38 bits per heavy atom. The van der Waals surface area contributed by atoms with Crippen molar-refractivity contribution in [2.45, 2.75) is 6.54 Å². The summed E-state index contributed by atoms with van der Waals surface area (Å²) in [4.78, 5) is 0. The lowest BCUT2D eigenvalue weighted by Crippen LogP contribution is -2.08. The number of aromatic nitrogens is 2. The second kappa shape index (κ2) is 5.20. The lowest BCUT2D eigenvalue weighted by atomic mass is 10.3. The minimum absolute atomic E-state index is 0.536. The van der Waals surface area contributed by atoms with Gasteiger partial charge in [0.1, 0.15) is 18.2 Å². The Morgan fingerprint density at radius 3 is 2.94 bits per heavy atom. The third kappa shape index (κ3) is 3.13. The van der Waals surface area contributed by atoms with Crippen LogP contribution in [-0.2, 0) is 6.54 Å². The Bertz CT molecular complexity index is 470. The zero-order chi connectivity index (χ0) is 11.4. The van der Waals surface area contributed by atoms with E-state index < -0.39 is 0 Å². The maximum atomic E-state index is 5.59. The van der Waals surface area contributed by atoms with E-state index >= 15 is 0 Å². The molecule has 0 aliphatic heterocycles. The fraction of sp³-hybridized carbons (Fsp3) is 0.182. The van der Waals surface area contributed by atoms with Gasteiger partial charge in [0.25, 0.3) is 0 Å². The van der Waals surface area contributed by atoms with Crippen LogP contribution in [0.2, 0.25) is 0 Å². The predicted molar refractivity (Wildman–Crippen MR) is 71.3 cm³/mol. The van der Waals surface area contributed by atoms with E-state index in [0.717, 1.165) is 5.75 Å². The number of rotatable bonds is 4. The largest absolute Gasteiger partial charge is 0.492 e. The number of halogens is 1. The molecule has 0 spiro atoms. The molecule has 0 radical (unpaired) electrons. The molecule has 84 valence electrons. The third-order valence-corrected chi connectivity index (χ3v) is 2.72. The van der Waals surface area contributed by atoms with Crippen molar-refractivity contribution < 1.29 is 4.74 Å². The Balaban J connectivity index is 1.84. The van der Waals surface area contributed by atoms with Gasteiger partial charge in [-0.25, -0.2) is 0 Å². The van der Waals surface area contributed by atoms with Crippen molar-refractivity contribution in [2.24, 2.45) is 0 Å². The highest BCUT2D eigenvalue weighted by molar-refractivity contribution is 14.1. The van der Waals surface area contributed by atoms with Crippen molar-refractivity contribution in [3.8, 4) is 5.75 Å². The van der Waals surface area contributed by atoms with Gasteiger partial charge < -0.3 is 10.5 Å². The summed E-state index contributed by atoms with van der Waals surface area (Å²) in [6.07, 6.45) is 1.84. The molecule has 0 aliphatic carbocycles. The third-order valence-electron chi connectivity index (χ3n) is 2.05. The molecule has 0 aliphatic rings. The summed E-state index contributed by atoms with van der Waals surface area (Å²) < 4.78 is 8.53. The van der Waals surface area contributed by atoms with E-state index in [1.165, 1.54) is 3.57 Å². The number of anilines is 1. The van der Waals surface area contributed by atoms with Crippen molar-refractivity contribution in [3.63, 3.8) is 0 Å². The second-order valence-corrected chi connectivity index (χ2v) is 4.56. The molecule has 16 heavy (non-hydrogen) atoms. The van der Waals surface area contributed by atoms with E-state index in [-0.39, 0.29) is 0 Å². The molecule has 2 N–H and O–H groups in total. The molecule has 0 atom stereocenters. The van der Waals surface area contributed by atoms with Crippen LogP contribution in [0.15, 0.2) is 36.5 Å². The summed E-state index contributed by atoms with van der Waals surface area (Å²) in [6.45, 7) is 1.28. The molecule has 0 saturated carbocycles. The van der Waals surface area contributed by atoms with Gasteiger partial charge in [-0.1, -0.05) is 6.07 Å². The average Bonchev–Trinajstić information content (AvgIpc) is 2.64. The lowest BCUT2D eigenvalue weighted by molar-refractivity contribution is 0.291. The Morgan fingerprint density at radius 2 is 2.25 bits per heavy atom. The number of benzene rings is 1. The van der Waals surface area contributed by atoms with Crippen molar-refractivity contribution >= 4 is 28.4 Å². The molecule has 4 nitrogen and oxygen atoms in total. The van der Waals surface area contributed by atoms with Crippen LogP contribution in [0.5, 0.6) is 5.75 Å². The summed E-state index contributed by atoms with van der Waals surface area (Å²) in [6, 6.07) is 9.72. The molecule has 5 heteroatoms. The van der Waals surface area contributed by atoms with Gasteiger partial charge in [0.15, 0.2) is 0 Å². The van der Waals surface area contributed by atoms with Crippen LogP contribution in [0.1, 0.15) is 0 Å². The number of ether oxygens (including phenoxy) is 1. The SMILES string of the molecule is Nc1ccn(CCOc2cccc(I)c2)n1. The molecule has 0 saturated heterocycles. The zero-order valence-electron chi connectivity index (χ0n) is 8.64. The number of nitrogens with two attached hydrogens (primary N) is 1. The number of hydrogen-bond donors (Lipinski definition) is 1. The first-order chi connectivity index (χ1) is 7.74. The van der Waals surface area contributed by atoms with Crippen molar-refractivity contribution in [1.82, 2.24) is 9.78 Å². The van der Waals surface area contributed by atoms with E-state index in [0.29, 0.717) is 19.0 Å². The molecule has 2 aromatic rings. The molecule has 0 bridgehead atoms. The maximum Gasteiger partial charge on any atom is 0.145 e. The van der Waals surface area contributed by atoms with Crippen LogP contribution in [-0.4, -0.2) is 16.4 Å². The van der Waals surface area contributed by atoms with Crippen LogP contribution in [0, 0.1) is 3.57 Å². The first kappa shape index (κ1) is 11.3. The van der Waals surface area contributed by atoms with Gasteiger partial charge in [-0.05, 0) is 46.9 Å². The summed E-state index contributed by atoms with van der Waals surface area (Å²) >= 11 is 2.26. The highest BCUT2D eigenvalue weighted by atomic mass is 127. The minimum Gasteiger partial charge on any atom is -0.492 e. The summed E-state index contributed by atoms with van der Waals surface area (Å²) in [5.41, 5.74) is 5.51. The van der Waals surface area contributed by atoms with Gasteiger partial charge in [-0.3, -0.25) is 4.68 Å². The quantitative estimate of drug-likeness (QED) is 0.875. The Hall–Kier alpha value is -1.24. The normalized spacial score (nSPS) is 10.3. The van der Waals surface area contributed by atoms with E-state index in [4.69, 9.17) is 10.5 Å². The number of nitrogen functional groups attached to an aromatic ring is 1. The standard InChI is InChI=1S/C11H12IN3O/c12-9-2-1-3-10(8-9)16-7-6-15-5-4-11(13)14-15/h1-5,8H,6-7H2,(H2,13,14). The molecule has 1 aromatic carbocycles. The topological polar surface area (TPSA) is 53.1 Å². The van der Waals surface area contributed by atoms with Crippen molar-refractivity contribution in [3.05, 3.63) is 40.1 Å². The summed E-state index contributed by atoms with van der Waals surface area (Å²) in [5.74, 6) is 1.42. The van der Waals surface area contributed by atoms with E-state index in [9.17, 15) is 0 Å². The molecule has 0 unspecified atom stereocenters. The summed E-state index contributed by atoms with van der Waals surface area (Å²) in [5, 5.41) is 4.07. The lowest BCUT2D eigenvalue weighted by Gasteiger charge is -2.06. The monoisotopic (exact) mass is 329 g/mol. The van der Waals surface area contributed by atoms with E-state index in [2.05, 4.69) is 27.7 Å². The average molecular weight is 329 g/mol. The Kier molecular flexibility index (Phi) is 3.66. The van der Waals surface area contributed by atoms with Crippen molar-refractivity contribution in [1.29, 1.82) is 0 Å². The maximum absolute atomic E-state index is 5.59. The smallest absolute Gasteiger partial charge is 0.145 e. The second-order valence-electron chi connectivity index (χ2n) is 3.31. The van der Waals surface area contributed by atoms with Crippen LogP contribution in [0.4, 0.5) is 5.82 Å². The fourth-order valence-electron chi connectivity index (χ4n) is 1.32. The first-order valence-corrected chi connectivity index (χ1v) is 5.99. The Labute approximate surface area is 108 Å². The van der Waals surface area contributed by atoms with Gasteiger partial charge in [0.05, 0.1) is 6.54 Å². The highest BCUT2D eigenvalue weighted by Crippen LogP contribution is 2.14. The number of hydrogen-bond acceptors (Lipinski definition) is 3. The molecular formula is C11H12IN3O. The van der Waals surface area contributed by atoms with Gasteiger partial charge in [-0.2, -0.15) is 5.10 Å². The zero-order valence-corrected chi connectivity index (χ0v) is 10.8. The van der Waals surface area contributed by atoms with Crippen LogP contribution >= 0.6 is 22.6 Å². The van der Waals surface area contributed by atoms with Crippen molar-refractivity contribution in [2.75, 3.05) is 12.3 Å². The molecular weight excluding hydrogens is 317 g/mol. The van der Waals surface area contributed by atoms with Crippen LogP contribution in [0.3, 0.4) is 0 Å². The van der Waals surface area contributed by atoms with Gasteiger partial charge >= 0.3 is 0 Å².